The summed E-state index contributed by atoms with van der Waals surface area (Å²) in [5.74, 6) is 1.46. The van der Waals surface area contributed by atoms with Gasteiger partial charge in [0, 0.05) is 5.56 Å². The van der Waals surface area contributed by atoms with Gasteiger partial charge in [-0.1, -0.05) is 60.2 Å². The molecule has 0 saturated carbocycles. The highest BCUT2D eigenvalue weighted by Crippen LogP contribution is 2.24. The van der Waals surface area contributed by atoms with Crippen molar-refractivity contribution in [2.45, 2.75) is 32.9 Å². The van der Waals surface area contributed by atoms with E-state index in [4.69, 9.17) is 0 Å². The molecule has 0 aliphatic carbocycles. The Morgan fingerprint density at radius 1 is 1.00 bits per heavy atom. The highest BCUT2D eigenvalue weighted by molar-refractivity contribution is 5.58. The summed E-state index contributed by atoms with van der Waals surface area (Å²) in [6, 6.07) is 19.6. The Balaban J connectivity index is 0.00000156. The van der Waals surface area contributed by atoms with Gasteiger partial charge in [0.15, 0.2) is 5.69 Å². The first-order chi connectivity index (χ1) is 10.8. The van der Waals surface area contributed by atoms with Crippen LogP contribution >= 0.6 is 0 Å². The molecule has 0 bridgehead atoms. The molecule has 23 heavy (non-hydrogen) atoms. The van der Waals surface area contributed by atoms with E-state index in [0.29, 0.717) is 0 Å². The van der Waals surface area contributed by atoms with Gasteiger partial charge in [-0.05, 0) is 18.9 Å². The Bertz CT molecular complexity index is 789. The van der Waals surface area contributed by atoms with Crippen LogP contribution in [0.3, 0.4) is 0 Å². The third-order valence-corrected chi connectivity index (χ3v) is 4.54. The summed E-state index contributed by atoms with van der Waals surface area (Å²) in [6.45, 7) is 4.24. The van der Waals surface area contributed by atoms with Crippen molar-refractivity contribution in [1.82, 2.24) is 4.57 Å². The van der Waals surface area contributed by atoms with Gasteiger partial charge in [0.2, 0.25) is 0 Å². The van der Waals surface area contributed by atoms with Crippen LogP contribution in [0.2, 0.25) is 0 Å². The molecule has 0 N–H and O–H groups in total. The lowest BCUT2D eigenvalue weighted by atomic mass is 10.1. The van der Waals surface area contributed by atoms with Crippen LogP contribution in [0, 0.1) is 6.92 Å². The lowest BCUT2D eigenvalue weighted by molar-refractivity contribution is -0.694. The zero-order chi connectivity index (χ0) is 14.9. The molecule has 1 aliphatic heterocycles. The van der Waals surface area contributed by atoms with Gasteiger partial charge < -0.3 is 12.4 Å². The second kappa shape index (κ2) is 6.59. The van der Waals surface area contributed by atoms with Crippen LogP contribution in [-0.4, -0.2) is 4.57 Å². The van der Waals surface area contributed by atoms with Crippen LogP contribution in [0.15, 0.2) is 60.8 Å². The lowest BCUT2D eigenvalue weighted by Crippen LogP contribution is -3.00. The van der Waals surface area contributed by atoms with E-state index in [0.717, 1.165) is 13.1 Å². The highest BCUT2D eigenvalue weighted by atomic mass is 35.5. The highest BCUT2D eigenvalue weighted by Gasteiger charge is 2.28. The first kappa shape index (κ1) is 15.8. The standard InChI is InChI=1S/C20H21N2.ClH/c1-16-9-11-17(12-10-16)14-21-15-19(18-6-3-2-4-7-18)22-13-5-8-20(21)22;/h2-4,6-7,9-12,15H,5,8,13-14H2,1H3;1H/q+1;/p-1. The maximum absolute atomic E-state index is 2.49. The van der Waals surface area contributed by atoms with Crippen molar-refractivity contribution in [1.29, 1.82) is 0 Å². The lowest BCUT2D eigenvalue weighted by Gasteiger charge is -2.00. The molecule has 0 amide bonds. The van der Waals surface area contributed by atoms with Gasteiger partial charge in [-0.3, -0.25) is 0 Å². The molecular formula is C20H21ClN2. The monoisotopic (exact) mass is 324 g/mol. The molecule has 118 valence electrons. The summed E-state index contributed by atoms with van der Waals surface area (Å²) >= 11 is 0. The van der Waals surface area contributed by atoms with E-state index in [9.17, 15) is 0 Å². The van der Waals surface area contributed by atoms with Gasteiger partial charge in [0.05, 0.1) is 13.0 Å². The minimum atomic E-state index is 0. The molecule has 0 spiro atoms. The summed E-state index contributed by atoms with van der Waals surface area (Å²) in [5, 5.41) is 0. The second-order valence-electron chi connectivity index (χ2n) is 6.17. The predicted octanol–water partition coefficient (Wildman–Crippen LogP) is 0.750. The summed E-state index contributed by atoms with van der Waals surface area (Å²) in [6.07, 6.45) is 4.76. The van der Waals surface area contributed by atoms with Gasteiger partial charge in [0.25, 0.3) is 5.82 Å². The largest absolute Gasteiger partial charge is 1.00 e. The Labute approximate surface area is 143 Å². The average Bonchev–Trinajstić information content (AvgIpc) is 3.14. The zero-order valence-corrected chi connectivity index (χ0v) is 14.1. The fourth-order valence-corrected chi connectivity index (χ4v) is 3.38. The van der Waals surface area contributed by atoms with Gasteiger partial charge in [-0.15, -0.1) is 0 Å². The van der Waals surface area contributed by atoms with Crippen LogP contribution in [-0.2, 0) is 19.5 Å². The molecule has 3 aromatic rings. The zero-order valence-electron chi connectivity index (χ0n) is 13.4. The van der Waals surface area contributed by atoms with E-state index in [1.165, 1.54) is 41.1 Å². The maximum atomic E-state index is 2.49. The number of hydrogen-bond acceptors (Lipinski definition) is 0. The SMILES string of the molecule is Cc1ccc(C[n+]2cc(-c3ccccc3)n3c2CCC3)cc1.[Cl-]. The van der Waals surface area contributed by atoms with Crippen LogP contribution < -0.4 is 17.0 Å². The number of nitrogens with zero attached hydrogens (tertiary/aromatic N) is 2. The van der Waals surface area contributed by atoms with Gasteiger partial charge in [-0.25, -0.2) is 9.13 Å². The minimum Gasteiger partial charge on any atom is -1.00 e. The molecule has 4 rings (SSSR count). The number of aryl methyl sites for hydroxylation is 1. The Hall–Kier alpha value is -2.06. The topological polar surface area (TPSA) is 8.81 Å². The van der Waals surface area contributed by atoms with Crippen molar-refractivity contribution in [3.8, 4) is 11.3 Å². The first-order valence-electron chi connectivity index (χ1n) is 8.04. The van der Waals surface area contributed by atoms with E-state index in [1.807, 2.05) is 0 Å². The minimum absolute atomic E-state index is 0. The van der Waals surface area contributed by atoms with E-state index in [-0.39, 0.29) is 12.4 Å². The molecule has 0 saturated heterocycles. The second-order valence-corrected chi connectivity index (χ2v) is 6.17. The van der Waals surface area contributed by atoms with Crippen LogP contribution in [0.1, 0.15) is 23.4 Å². The maximum Gasteiger partial charge on any atom is 0.257 e. The number of halogens is 1. The Morgan fingerprint density at radius 2 is 1.74 bits per heavy atom. The molecule has 3 heteroatoms. The molecule has 1 aromatic heterocycles. The van der Waals surface area contributed by atoms with Crippen molar-refractivity contribution in [3.63, 3.8) is 0 Å². The van der Waals surface area contributed by atoms with Crippen LogP contribution in [0.25, 0.3) is 11.3 Å². The normalized spacial score (nSPS) is 12.7. The van der Waals surface area contributed by atoms with Crippen molar-refractivity contribution < 1.29 is 17.0 Å². The summed E-state index contributed by atoms with van der Waals surface area (Å²) in [4.78, 5) is 0. The quantitative estimate of drug-likeness (QED) is 0.629. The van der Waals surface area contributed by atoms with E-state index >= 15 is 0 Å². The van der Waals surface area contributed by atoms with E-state index < -0.39 is 0 Å². The number of fused-ring (bicyclic) bond motifs is 1. The van der Waals surface area contributed by atoms with E-state index in [1.54, 1.807) is 0 Å². The number of aromatic nitrogens is 2. The average molecular weight is 325 g/mol. The molecule has 0 fully saturated rings. The Morgan fingerprint density at radius 3 is 2.48 bits per heavy atom. The molecule has 2 aromatic carbocycles. The Kier molecular flexibility index (Phi) is 4.53. The summed E-state index contributed by atoms with van der Waals surface area (Å²) in [5.41, 5.74) is 5.35. The fraction of sp³-hybridized carbons (Fsp3) is 0.250. The van der Waals surface area contributed by atoms with Crippen molar-refractivity contribution >= 4 is 0 Å². The molecule has 2 heterocycles. The third-order valence-electron chi connectivity index (χ3n) is 4.54. The number of imidazole rings is 1. The predicted molar refractivity (Wildman–Crippen MR) is 88.7 cm³/mol. The molecule has 1 aliphatic rings. The summed E-state index contributed by atoms with van der Waals surface area (Å²) in [7, 11) is 0. The van der Waals surface area contributed by atoms with Crippen molar-refractivity contribution in [2.75, 3.05) is 0 Å². The molecule has 0 unspecified atom stereocenters. The van der Waals surface area contributed by atoms with Gasteiger partial charge >= 0.3 is 0 Å². The van der Waals surface area contributed by atoms with Crippen molar-refractivity contribution in [3.05, 3.63) is 77.7 Å². The number of benzene rings is 2. The first-order valence-corrected chi connectivity index (χ1v) is 8.04. The number of rotatable bonds is 3. The van der Waals surface area contributed by atoms with Crippen LogP contribution in [0.5, 0.6) is 0 Å². The molecule has 0 atom stereocenters. The smallest absolute Gasteiger partial charge is 0.257 e. The molecular weight excluding hydrogens is 304 g/mol. The summed E-state index contributed by atoms with van der Waals surface area (Å²) < 4.78 is 4.92. The fourth-order valence-electron chi connectivity index (χ4n) is 3.38. The van der Waals surface area contributed by atoms with Crippen molar-refractivity contribution in [2.24, 2.45) is 0 Å². The van der Waals surface area contributed by atoms with Gasteiger partial charge in [0.1, 0.15) is 12.7 Å². The molecule has 0 radical (unpaired) electrons. The van der Waals surface area contributed by atoms with Gasteiger partial charge in [-0.2, -0.15) is 0 Å². The van der Waals surface area contributed by atoms with E-state index in [2.05, 4.69) is 76.9 Å². The number of hydrogen-bond donors (Lipinski definition) is 0. The molecule has 2 nitrogen and oxygen atoms in total. The third kappa shape index (κ3) is 3.04. The van der Waals surface area contributed by atoms with Crippen LogP contribution in [0.4, 0.5) is 0 Å².